The Hall–Kier alpha value is -1.37. The first-order valence-electron chi connectivity index (χ1n) is 5.16. The molecule has 0 fully saturated rings. The van der Waals surface area contributed by atoms with Gasteiger partial charge < -0.3 is 0 Å². The summed E-state index contributed by atoms with van der Waals surface area (Å²) in [5.41, 5.74) is 3.60. The molecule has 0 unspecified atom stereocenters. The third-order valence-corrected chi connectivity index (χ3v) is 2.41. The van der Waals surface area contributed by atoms with Crippen molar-refractivity contribution in [3.05, 3.63) is 41.6 Å². The number of hydrogen-bond acceptors (Lipinski definition) is 1. The lowest BCUT2D eigenvalue weighted by molar-refractivity contribution is 0.890. The molecule has 1 heteroatoms. The van der Waals surface area contributed by atoms with Crippen LogP contribution in [0.25, 0.3) is 10.9 Å². The molecule has 2 rings (SSSR count). The van der Waals surface area contributed by atoms with Crippen LogP contribution in [0.3, 0.4) is 0 Å². The topological polar surface area (TPSA) is 12.9 Å². The van der Waals surface area contributed by atoms with Crippen molar-refractivity contribution in [3.63, 3.8) is 0 Å². The van der Waals surface area contributed by atoms with E-state index in [1.54, 1.807) is 0 Å². The zero-order valence-electron chi connectivity index (χ0n) is 8.75. The van der Waals surface area contributed by atoms with Gasteiger partial charge >= 0.3 is 0 Å². The number of pyridine rings is 1. The summed E-state index contributed by atoms with van der Waals surface area (Å²) in [6, 6.07) is 10.7. The van der Waals surface area contributed by atoms with Gasteiger partial charge in [-0.25, -0.2) is 0 Å². The average Bonchev–Trinajstić information content (AvgIpc) is 2.17. The van der Waals surface area contributed by atoms with Crippen LogP contribution in [0.5, 0.6) is 0 Å². The molecule has 0 N–H and O–H groups in total. The predicted octanol–water partition coefficient (Wildman–Crippen LogP) is 3.50. The van der Waals surface area contributed by atoms with Gasteiger partial charge in [0, 0.05) is 11.1 Å². The van der Waals surface area contributed by atoms with E-state index in [1.165, 1.54) is 16.6 Å². The maximum atomic E-state index is 4.63. The van der Waals surface area contributed by atoms with Crippen LogP contribution in [0.4, 0.5) is 0 Å². The van der Waals surface area contributed by atoms with Crippen molar-refractivity contribution in [2.24, 2.45) is 0 Å². The molecule has 0 atom stereocenters. The van der Waals surface area contributed by atoms with Crippen molar-refractivity contribution in [1.82, 2.24) is 4.98 Å². The van der Waals surface area contributed by atoms with E-state index >= 15 is 0 Å². The lowest BCUT2D eigenvalue weighted by Gasteiger charge is -2.02. The van der Waals surface area contributed by atoms with E-state index < -0.39 is 0 Å². The number of rotatable bonds is 2. The minimum atomic E-state index is 1.07. The van der Waals surface area contributed by atoms with Gasteiger partial charge in [-0.05, 0) is 31.0 Å². The molecule has 0 saturated heterocycles. The highest BCUT2D eigenvalue weighted by Gasteiger charge is 1.97. The van der Waals surface area contributed by atoms with Crippen LogP contribution in [0.1, 0.15) is 24.6 Å². The Morgan fingerprint density at radius 2 is 1.93 bits per heavy atom. The summed E-state index contributed by atoms with van der Waals surface area (Å²) in [4.78, 5) is 4.63. The molecular weight excluding hydrogens is 170 g/mol. The number of benzene rings is 1. The third kappa shape index (κ3) is 1.77. The summed E-state index contributed by atoms with van der Waals surface area (Å²) in [6.07, 6.45) is 2.23. The molecule has 1 aromatic heterocycles. The maximum Gasteiger partial charge on any atom is 0.0707 e. The van der Waals surface area contributed by atoms with Crippen LogP contribution in [-0.4, -0.2) is 4.98 Å². The Morgan fingerprint density at radius 1 is 1.14 bits per heavy atom. The monoisotopic (exact) mass is 185 g/mol. The predicted molar refractivity (Wildman–Crippen MR) is 60.5 cm³/mol. The normalized spacial score (nSPS) is 10.7. The van der Waals surface area contributed by atoms with Gasteiger partial charge in [0.2, 0.25) is 0 Å². The van der Waals surface area contributed by atoms with Crippen molar-refractivity contribution in [3.8, 4) is 0 Å². The second-order valence-corrected chi connectivity index (χ2v) is 3.75. The van der Waals surface area contributed by atoms with Crippen LogP contribution in [0, 0.1) is 6.92 Å². The quantitative estimate of drug-likeness (QED) is 0.697. The van der Waals surface area contributed by atoms with Gasteiger partial charge in [-0.2, -0.15) is 0 Å². The van der Waals surface area contributed by atoms with E-state index in [2.05, 4.69) is 49.2 Å². The molecule has 0 saturated carbocycles. The largest absolute Gasteiger partial charge is 0.253 e. The number of hydrogen-bond donors (Lipinski definition) is 0. The first-order chi connectivity index (χ1) is 6.79. The first kappa shape index (κ1) is 9.20. The SMILES string of the molecule is CCCc1ccc2ccc(C)cc2n1. The maximum absolute atomic E-state index is 4.63. The molecule has 1 aromatic carbocycles. The third-order valence-electron chi connectivity index (χ3n) is 2.41. The molecular formula is C13H15N. The van der Waals surface area contributed by atoms with Crippen molar-refractivity contribution < 1.29 is 0 Å². The second kappa shape index (κ2) is 3.79. The van der Waals surface area contributed by atoms with Crippen LogP contribution < -0.4 is 0 Å². The molecule has 14 heavy (non-hydrogen) atoms. The summed E-state index contributed by atoms with van der Waals surface area (Å²) in [7, 11) is 0. The average molecular weight is 185 g/mol. The highest BCUT2D eigenvalue weighted by Crippen LogP contribution is 2.14. The molecule has 0 aliphatic heterocycles. The van der Waals surface area contributed by atoms with Gasteiger partial charge in [0.25, 0.3) is 0 Å². The van der Waals surface area contributed by atoms with Gasteiger partial charge in [-0.3, -0.25) is 4.98 Å². The van der Waals surface area contributed by atoms with E-state index in [4.69, 9.17) is 0 Å². The minimum absolute atomic E-state index is 1.07. The van der Waals surface area contributed by atoms with Gasteiger partial charge in [0.1, 0.15) is 0 Å². The summed E-state index contributed by atoms with van der Waals surface area (Å²) >= 11 is 0. The molecule has 1 nitrogen and oxygen atoms in total. The van der Waals surface area contributed by atoms with Crippen LogP contribution in [0.15, 0.2) is 30.3 Å². The van der Waals surface area contributed by atoms with Crippen molar-refractivity contribution in [2.75, 3.05) is 0 Å². The molecule has 2 aromatic rings. The first-order valence-corrected chi connectivity index (χ1v) is 5.16. The number of fused-ring (bicyclic) bond motifs is 1. The zero-order valence-corrected chi connectivity index (χ0v) is 8.75. The Balaban J connectivity index is 2.52. The second-order valence-electron chi connectivity index (χ2n) is 3.75. The number of aromatic nitrogens is 1. The van der Waals surface area contributed by atoms with E-state index in [1.807, 2.05) is 0 Å². The standard InChI is InChI=1S/C13H15N/c1-3-4-12-8-7-11-6-5-10(2)9-13(11)14-12/h5-9H,3-4H2,1-2H3. The summed E-state index contributed by atoms with van der Waals surface area (Å²) in [5.74, 6) is 0. The molecule has 0 aliphatic carbocycles. The Labute approximate surface area is 84.8 Å². The van der Waals surface area contributed by atoms with Crippen LogP contribution in [0.2, 0.25) is 0 Å². The molecule has 72 valence electrons. The lowest BCUT2D eigenvalue weighted by atomic mass is 10.1. The van der Waals surface area contributed by atoms with Gasteiger partial charge in [0.05, 0.1) is 5.52 Å². The fraction of sp³-hybridized carbons (Fsp3) is 0.308. The molecule has 0 spiro atoms. The molecule has 0 amide bonds. The van der Waals surface area contributed by atoms with Crippen molar-refractivity contribution in [1.29, 1.82) is 0 Å². The summed E-state index contributed by atoms with van der Waals surface area (Å²) in [6.45, 7) is 4.29. The van der Waals surface area contributed by atoms with Crippen LogP contribution in [-0.2, 0) is 6.42 Å². The van der Waals surface area contributed by atoms with Crippen molar-refractivity contribution in [2.45, 2.75) is 26.7 Å². The van der Waals surface area contributed by atoms with Crippen LogP contribution >= 0.6 is 0 Å². The fourth-order valence-corrected chi connectivity index (χ4v) is 1.66. The molecule has 0 bridgehead atoms. The Morgan fingerprint density at radius 3 is 2.71 bits per heavy atom. The highest BCUT2D eigenvalue weighted by atomic mass is 14.7. The van der Waals surface area contributed by atoms with E-state index in [0.717, 1.165) is 18.4 Å². The van der Waals surface area contributed by atoms with E-state index in [0.29, 0.717) is 0 Å². The fourth-order valence-electron chi connectivity index (χ4n) is 1.66. The summed E-state index contributed by atoms with van der Waals surface area (Å²) < 4.78 is 0. The minimum Gasteiger partial charge on any atom is -0.253 e. The van der Waals surface area contributed by atoms with Gasteiger partial charge in [0.15, 0.2) is 0 Å². The number of aryl methyl sites for hydroxylation is 2. The van der Waals surface area contributed by atoms with Gasteiger partial charge in [-0.1, -0.05) is 31.5 Å². The molecule has 0 radical (unpaired) electrons. The molecule has 1 heterocycles. The smallest absolute Gasteiger partial charge is 0.0707 e. The highest BCUT2D eigenvalue weighted by molar-refractivity contribution is 5.79. The zero-order chi connectivity index (χ0) is 9.97. The van der Waals surface area contributed by atoms with Gasteiger partial charge in [-0.15, -0.1) is 0 Å². The Bertz CT molecular complexity index is 446. The molecule has 0 aliphatic rings. The van der Waals surface area contributed by atoms with Crippen molar-refractivity contribution >= 4 is 10.9 Å². The lowest BCUT2D eigenvalue weighted by Crippen LogP contribution is -1.89. The summed E-state index contributed by atoms with van der Waals surface area (Å²) in [5, 5.41) is 1.23. The Kier molecular flexibility index (Phi) is 2.49. The van der Waals surface area contributed by atoms with E-state index in [-0.39, 0.29) is 0 Å². The van der Waals surface area contributed by atoms with E-state index in [9.17, 15) is 0 Å². The number of nitrogens with zero attached hydrogens (tertiary/aromatic N) is 1.